The van der Waals surface area contributed by atoms with Crippen LogP contribution in [0.1, 0.15) is 19.4 Å². The number of rotatable bonds is 1. The van der Waals surface area contributed by atoms with E-state index >= 15 is 0 Å². The predicted molar refractivity (Wildman–Crippen MR) is 78.3 cm³/mol. The van der Waals surface area contributed by atoms with Crippen LogP contribution in [0.2, 0.25) is 0 Å². The molecule has 0 bridgehead atoms. The summed E-state index contributed by atoms with van der Waals surface area (Å²) in [6.07, 6.45) is 0. The normalized spacial score (nSPS) is 8.44. The zero-order valence-electron chi connectivity index (χ0n) is 10.2. The molecule has 0 saturated heterocycles. The molecule has 2 rings (SSSR count). The first kappa shape index (κ1) is 14.8. The zero-order valence-corrected chi connectivity index (χ0v) is 11.2. The van der Waals surface area contributed by atoms with Crippen molar-refractivity contribution in [2.75, 3.05) is 0 Å². The van der Waals surface area contributed by atoms with Gasteiger partial charge in [0.25, 0.3) is 0 Å². The lowest BCUT2D eigenvalue weighted by Crippen LogP contribution is -1.76. The third kappa shape index (κ3) is 4.11. The van der Waals surface area contributed by atoms with Gasteiger partial charge in [-0.3, -0.25) is 0 Å². The van der Waals surface area contributed by atoms with Gasteiger partial charge < -0.3 is 0 Å². The first-order valence-corrected chi connectivity index (χ1v) is 5.48. The van der Waals surface area contributed by atoms with E-state index in [0.29, 0.717) is 0 Å². The average molecular weight is 232 g/mol. The van der Waals surface area contributed by atoms with Crippen molar-refractivity contribution in [1.82, 2.24) is 0 Å². The molecule has 0 amide bonds. The van der Waals surface area contributed by atoms with Gasteiger partial charge in [0.15, 0.2) is 0 Å². The van der Waals surface area contributed by atoms with E-state index in [-0.39, 0.29) is 13.5 Å². The van der Waals surface area contributed by atoms with Gasteiger partial charge in [-0.1, -0.05) is 74.0 Å². The highest BCUT2D eigenvalue weighted by molar-refractivity contribution is 7.59. The van der Waals surface area contributed by atoms with Crippen LogP contribution in [-0.4, -0.2) is 0 Å². The standard InChI is InChI=1S/C13H12.C2H6.H2S/c1-11-7-9-13(10-8-11)12-5-3-2-4-6-12;1-2;/h2-10H,1H3;1-2H3;1H2. The Balaban J connectivity index is 0.000000711. The van der Waals surface area contributed by atoms with E-state index in [0.717, 1.165) is 0 Å². The summed E-state index contributed by atoms with van der Waals surface area (Å²) < 4.78 is 0. The van der Waals surface area contributed by atoms with Crippen LogP contribution in [0.15, 0.2) is 54.6 Å². The molecule has 1 heteroatoms. The molecule has 0 aromatic heterocycles. The highest BCUT2D eigenvalue weighted by Gasteiger charge is 1.93. The highest BCUT2D eigenvalue weighted by Crippen LogP contribution is 2.18. The molecule has 0 aliphatic rings. The Morgan fingerprint density at radius 1 is 0.625 bits per heavy atom. The van der Waals surface area contributed by atoms with Crippen LogP contribution in [0.3, 0.4) is 0 Å². The maximum atomic E-state index is 2.16. The third-order valence-electron chi connectivity index (χ3n) is 2.16. The van der Waals surface area contributed by atoms with E-state index in [9.17, 15) is 0 Å². The van der Waals surface area contributed by atoms with Crippen molar-refractivity contribution < 1.29 is 0 Å². The van der Waals surface area contributed by atoms with Crippen LogP contribution in [-0.2, 0) is 0 Å². The second-order valence-electron chi connectivity index (χ2n) is 3.23. The topological polar surface area (TPSA) is 0 Å². The van der Waals surface area contributed by atoms with E-state index in [1.54, 1.807) is 0 Å². The van der Waals surface area contributed by atoms with Crippen LogP contribution in [0.5, 0.6) is 0 Å². The molecular weight excluding hydrogens is 212 g/mol. The SMILES string of the molecule is CC.Cc1ccc(-c2ccccc2)cc1.S. The summed E-state index contributed by atoms with van der Waals surface area (Å²) in [5.41, 5.74) is 3.87. The molecule has 0 saturated carbocycles. The van der Waals surface area contributed by atoms with Gasteiger partial charge in [0.1, 0.15) is 0 Å². The van der Waals surface area contributed by atoms with Crippen molar-refractivity contribution >= 4 is 13.5 Å². The lowest BCUT2D eigenvalue weighted by molar-refractivity contribution is 1.47. The molecule has 86 valence electrons. The largest absolute Gasteiger partial charge is 0.197 e. The molecule has 2 aromatic rings. The zero-order chi connectivity index (χ0) is 11.1. The minimum absolute atomic E-state index is 0. The van der Waals surface area contributed by atoms with Crippen LogP contribution >= 0.6 is 13.5 Å². The van der Waals surface area contributed by atoms with Crippen LogP contribution < -0.4 is 0 Å². The monoisotopic (exact) mass is 232 g/mol. The van der Waals surface area contributed by atoms with Crippen molar-refractivity contribution in [3.63, 3.8) is 0 Å². The Morgan fingerprint density at radius 3 is 1.56 bits per heavy atom. The maximum absolute atomic E-state index is 2.16. The first-order chi connectivity index (χ1) is 7.36. The fourth-order valence-electron chi connectivity index (χ4n) is 1.38. The molecule has 0 N–H and O–H groups in total. The quantitative estimate of drug-likeness (QED) is 0.662. The Hall–Kier alpha value is -1.21. The van der Waals surface area contributed by atoms with Gasteiger partial charge in [-0.25, -0.2) is 0 Å². The van der Waals surface area contributed by atoms with E-state index in [1.165, 1.54) is 16.7 Å². The minimum Gasteiger partial charge on any atom is -0.197 e. The molecule has 0 heterocycles. The Kier molecular flexibility index (Phi) is 7.40. The molecule has 0 nitrogen and oxygen atoms in total. The van der Waals surface area contributed by atoms with E-state index < -0.39 is 0 Å². The van der Waals surface area contributed by atoms with E-state index in [4.69, 9.17) is 0 Å². The van der Waals surface area contributed by atoms with Gasteiger partial charge in [-0.15, -0.1) is 0 Å². The van der Waals surface area contributed by atoms with Crippen molar-refractivity contribution in [3.8, 4) is 11.1 Å². The Bertz CT molecular complexity index is 376. The Morgan fingerprint density at radius 2 is 1.06 bits per heavy atom. The fourth-order valence-corrected chi connectivity index (χ4v) is 1.38. The van der Waals surface area contributed by atoms with Crippen molar-refractivity contribution in [1.29, 1.82) is 0 Å². The summed E-state index contributed by atoms with van der Waals surface area (Å²) in [6.45, 7) is 6.11. The van der Waals surface area contributed by atoms with Gasteiger partial charge in [0.2, 0.25) is 0 Å². The van der Waals surface area contributed by atoms with Gasteiger partial charge in [0, 0.05) is 0 Å². The smallest absolute Gasteiger partial charge is 0.0184 e. The number of hydrogen-bond acceptors (Lipinski definition) is 0. The second-order valence-corrected chi connectivity index (χ2v) is 3.23. The van der Waals surface area contributed by atoms with Crippen molar-refractivity contribution in [2.45, 2.75) is 20.8 Å². The van der Waals surface area contributed by atoms with E-state index in [1.807, 2.05) is 19.9 Å². The molecule has 2 aromatic carbocycles. The maximum Gasteiger partial charge on any atom is -0.0184 e. The van der Waals surface area contributed by atoms with Gasteiger partial charge >= 0.3 is 0 Å². The van der Waals surface area contributed by atoms with Crippen LogP contribution in [0.4, 0.5) is 0 Å². The van der Waals surface area contributed by atoms with Crippen LogP contribution in [0.25, 0.3) is 11.1 Å². The minimum atomic E-state index is 0. The van der Waals surface area contributed by atoms with Gasteiger partial charge in [-0.2, -0.15) is 13.5 Å². The van der Waals surface area contributed by atoms with Gasteiger partial charge in [0.05, 0.1) is 0 Å². The lowest BCUT2D eigenvalue weighted by Gasteiger charge is -2.00. The highest BCUT2D eigenvalue weighted by atomic mass is 32.1. The molecular formula is C15H20S. The van der Waals surface area contributed by atoms with Crippen molar-refractivity contribution in [3.05, 3.63) is 60.2 Å². The molecule has 0 aliphatic heterocycles. The van der Waals surface area contributed by atoms with E-state index in [2.05, 4.69) is 55.5 Å². The summed E-state index contributed by atoms with van der Waals surface area (Å²) in [7, 11) is 0. The third-order valence-corrected chi connectivity index (χ3v) is 2.16. The molecule has 0 aliphatic carbocycles. The van der Waals surface area contributed by atoms with Crippen LogP contribution in [0, 0.1) is 6.92 Å². The predicted octanol–water partition coefficient (Wildman–Crippen LogP) is 4.80. The van der Waals surface area contributed by atoms with Crippen molar-refractivity contribution in [2.24, 2.45) is 0 Å². The summed E-state index contributed by atoms with van der Waals surface area (Å²) in [5, 5.41) is 0. The Labute approximate surface area is 106 Å². The average Bonchev–Trinajstić information content (AvgIpc) is 2.34. The number of benzene rings is 2. The number of aryl methyl sites for hydroxylation is 1. The summed E-state index contributed by atoms with van der Waals surface area (Å²) in [5.74, 6) is 0. The summed E-state index contributed by atoms with van der Waals surface area (Å²) in [6, 6.07) is 19.0. The lowest BCUT2D eigenvalue weighted by atomic mass is 10.0. The summed E-state index contributed by atoms with van der Waals surface area (Å²) in [4.78, 5) is 0. The molecule has 0 fully saturated rings. The molecule has 0 unspecified atom stereocenters. The summed E-state index contributed by atoms with van der Waals surface area (Å²) >= 11 is 0. The molecule has 0 atom stereocenters. The molecule has 0 spiro atoms. The second kappa shape index (κ2) is 8.00. The molecule has 0 radical (unpaired) electrons. The fraction of sp³-hybridized carbons (Fsp3) is 0.200. The van der Waals surface area contributed by atoms with Gasteiger partial charge in [-0.05, 0) is 18.1 Å². The first-order valence-electron chi connectivity index (χ1n) is 5.48. The number of hydrogen-bond donors (Lipinski definition) is 0. The molecule has 16 heavy (non-hydrogen) atoms.